The third-order valence-electron chi connectivity index (χ3n) is 3.09. The van der Waals surface area contributed by atoms with Crippen molar-refractivity contribution in [3.8, 4) is 0 Å². The minimum atomic E-state index is -0.594. The van der Waals surface area contributed by atoms with Gasteiger partial charge in [0.2, 0.25) is 0 Å². The zero-order chi connectivity index (χ0) is 15.2. The molecule has 7 heteroatoms. The number of aromatic nitrogens is 1. The molecular weight excluding hydrogens is 274 g/mol. The van der Waals surface area contributed by atoms with Crippen molar-refractivity contribution >= 4 is 22.3 Å². The number of anilines is 1. The maximum Gasteiger partial charge on any atom is 0.301 e. The molecule has 0 fully saturated rings. The van der Waals surface area contributed by atoms with E-state index in [0.29, 0.717) is 29.6 Å². The molecule has 0 aliphatic carbocycles. The number of hydrogen-bond acceptors (Lipinski definition) is 6. The molecule has 7 nitrogen and oxygen atoms in total. The monoisotopic (exact) mass is 291 g/mol. The molecule has 1 heterocycles. The second-order valence-electron chi connectivity index (χ2n) is 4.61. The summed E-state index contributed by atoms with van der Waals surface area (Å²) in [7, 11) is 1.51. The molecule has 2 aromatic rings. The van der Waals surface area contributed by atoms with E-state index in [1.165, 1.54) is 7.11 Å². The topological polar surface area (TPSA) is 97.5 Å². The molecule has 1 unspecified atom stereocenters. The smallest absolute Gasteiger partial charge is 0.301 e. The number of nitrogens with one attached hydrogen (secondary N) is 1. The third-order valence-corrected chi connectivity index (χ3v) is 3.09. The molecule has 112 valence electrons. The molecule has 0 saturated carbocycles. The van der Waals surface area contributed by atoms with E-state index in [-0.39, 0.29) is 12.3 Å². The average Bonchev–Trinajstić information content (AvgIpc) is 2.46. The van der Waals surface area contributed by atoms with Gasteiger partial charge >= 0.3 is 5.69 Å². The zero-order valence-electron chi connectivity index (χ0n) is 11.7. The second kappa shape index (κ2) is 6.96. The van der Waals surface area contributed by atoms with E-state index in [1.807, 2.05) is 0 Å². The summed E-state index contributed by atoms with van der Waals surface area (Å²) >= 11 is 0. The molecule has 0 saturated heterocycles. The van der Waals surface area contributed by atoms with Crippen LogP contribution in [0.4, 0.5) is 11.4 Å². The minimum absolute atomic E-state index is 0.00170. The van der Waals surface area contributed by atoms with Crippen molar-refractivity contribution in [2.24, 2.45) is 0 Å². The number of nitrogens with zero attached hydrogens (tertiary/aromatic N) is 2. The van der Waals surface area contributed by atoms with Crippen LogP contribution in [0.25, 0.3) is 10.9 Å². The maximum absolute atomic E-state index is 11.3. The lowest BCUT2D eigenvalue weighted by Gasteiger charge is -2.12. The van der Waals surface area contributed by atoms with Crippen molar-refractivity contribution in [2.75, 3.05) is 25.6 Å². The Morgan fingerprint density at radius 2 is 2.29 bits per heavy atom. The molecular formula is C14H17N3O4. The van der Waals surface area contributed by atoms with Crippen molar-refractivity contribution < 1.29 is 14.8 Å². The molecule has 1 aromatic carbocycles. The predicted octanol–water partition coefficient (Wildman–Crippen LogP) is 1.95. The van der Waals surface area contributed by atoms with E-state index in [0.717, 1.165) is 0 Å². The summed E-state index contributed by atoms with van der Waals surface area (Å²) in [6.45, 7) is 0.655. The SMILES string of the molecule is COCC(O)CCNc1ccc2ncccc2c1[N+](=O)[O-]. The fraction of sp³-hybridized carbons (Fsp3) is 0.357. The molecule has 0 aliphatic heterocycles. The van der Waals surface area contributed by atoms with Crippen LogP contribution < -0.4 is 5.32 Å². The number of nitro groups is 1. The van der Waals surface area contributed by atoms with Crippen LogP contribution in [0.1, 0.15) is 6.42 Å². The van der Waals surface area contributed by atoms with Crippen molar-refractivity contribution in [1.29, 1.82) is 0 Å². The van der Waals surface area contributed by atoms with Gasteiger partial charge < -0.3 is 15.2 Å². The van der Waals surface area contributed by atoms with Crippen LogP contribution in [-0.4, -0.2) is 41.4 Å². The first kappa shape index (κ1) is 15.1. The third kappa shape index (κ3) is 3.65. The molecule has 1 aromatic heterocycles. The van der Waals surface area contributed by atoms with Gasteiger partial charge in [-0.05, 0) is 30.7 Å². The Kier molecular flexibility index (Phi) is 5.02. The van der Waals surface area contributed by atoms with Crippen molar-refractivity contribution in [2.45, 2.75) is 12.5 Å². The molecule has 1 atom stereocenters. The average molecular weight is 291 g/mol. The van der Waals surface area contributed by atoms with E-state index in [1.54, 1.807) is 30.5 Å². The van der Waals surface area contributed by atoms with Crippen LogP contribution in [0.3, 0.4) is 0 Å². The Hall–Kier alpha value is -2.25. The van der Waals surface area contributed by atoms with Crippen LogP contribution >= 0.6 is 0 Å². The normalized spacial score (nSPS) is 12.3. The number of hydrogen-bond donors (Lipinski definition) is 2. The van der Waals surface area contributed by atoms with E-state index in [2.05, 4.69) is 10.3 Å². The van der Waals surface area contributed by atoms with Gasteiger partial charge in [0.25, 0.3) is 0 Å². The first-order chi connectivity index (χ1) is 10.1. The number of ether oxygens (including phenoxy) is 1. The largest absolute Gasteiger partial charge is 0.391 e. The van der Waals surface area contributed by atoms with Crippen molar-refractivity contribution in [3.05, 3.63) is 40.6 Å². The first-order valence-corrected chi connectivity index (χ1v) is 6.56. The van der Waals surface area contributed by atoms with Gasteiger partial charge in [-0.15, -0.1) is 0 Å². The summed E-state index contributed by atoms with van der Waals surface area (Å²) in [5.41, 5.74) is 1.00. The molecule has 0 spiro atoms. The molecule has 0 amide bonds. The number of aliphatic hydroxyl groups is 1. The fourth-order valence-corrected chi connectivity index (χ4v) is 2.13. The molecule has 0 aliphatic rings. The van der Waals surface area contributed by atoms with E-state index in [9.17, 15) is 15.2 Å². The zero-order valence-corrected chi connectivity index (χ0v) is 11.7. The Morgan fingerprint density at radius 1 is 1.48 bits per heavy atom. The second-order valence-corrected chi connectivity index (χ2v) is 4.61. The molecule has 0 radical (unpaired) electrons. The Balaban J connectivity index is 2.19. The number of methoxy groups -OCH3 is 1. The van der Waals surface area contributed by atoms with Gasteiger partial charge in [0.15, 0.2) is 0 Å². The van der Waals surface area contributed by atoms with Crippen molar-refractivity contribution in [3.63, 3.8) is 0 Å². The van der Waals surface area contributed by atoms with E-state index in [4.69, 9.17) is 4.74 Å². The first-order valence-electron chi connectivity index (χ1n) is 6.56. The standard InChI is InChI=1S/C14H17N3O4/c1-21-9-10(18)6-8-16-13-5-4-12-11(3-2-7-15-12)14(13)17(19)20/h2-5,7,10,16,18H,6,8-9H2,1H3. The molecule has 21 heavy (non-hydrogen) atoms. The highest BCUT2D eigenvalue weighted by atomic mass is 16.6. The van der Waals surface area contributed by atoms with Crippen LogP contribution in [0.2, 0.25) is 0 Å². The maximum atomic E-state index is 11.3. The number of aliphatic hydroxyl groups excluding tert-OH is 1. The van der Waals surface area contributed by atoms with Crippen molar-refractivity contribution in [1.82, 2.24) is 4.98 Å². The summed E-state index contributed by atoms with van der Waals surface area (Å²) in [4.78, 5) is 15.0. The summed E-state index contributed by atoms with van der Waals surface area (Å²) in [6.07, 6.45) is 1.44. The fourth-order valence-electron chi connectivity index (χ4n) is 2.13. The quantitative estimate of drug-likeness (QED) is 0.597. The minimum Gasteiger partial charge on any atom is -0.391 e. The van der Waals surface area contributed by atoms with Crippen LogP contribution in [0.15, 0.2) is 30.5 Å². The van der Waals surface area contributed by atoms with Crippen LogP contribution in [0, 0.1) is 10.1 Å². The van der Waals surface area contributed by atoms with E-state index < -0.39 is 11.0 Å². The summed E-state index contributed by atoms with van der Waals surface area (Å²) in [5.74, 6) is 0. The highest BCUT2D eigenvalue weighted by molar-refractivity contribution is 5.94. The highest BCUT2D eigenvalue weighted by Crippen LogP contribution is 2.32. The summed E-state index contributed by atoms with van der Waals surface area (Å²) in [6, 6.07) is 6.71. The number of benzene rings is 1. The summed E-state index contributed by atoms with van der Waals surface area (Å²) in [5, 5.41) is 24.4. The number of rotatable bonds is 7. The van der Waals surface area contributed by atoms with E-state index >= 15 is 0 Å². The van der Waals surface area contributed by atoms with Gasteiger partial charge in [0, 0.05) is 19.9 Å². The number of pyridine rings is 1. The molecule has 2 N–H and O–H groups in total. The summed E-state index contributed by atoms with van der Waals surface area (Å²) < 4.78 is 4.83. The number of nitro benzene ring substituents is 1. The van der Waals surface area contributed by atoms with Gasteiger partial charge in [0.1, 0.15) is 5.69 Å². The lowest BCUT2D eigenvalue weighted by Crippen LogP contribution is -2.18. The van der Waals surface area contributed by atoms with Gasteiger partial charge in [-0.25, -0.2) is 0 Å². The van der Waals surface area contributed by atoms with Gasteiger partial charge in [-0.1, -0.05) is 0 Å². The Labute approximate surface area is 121 Å². The highest BCUT2D eigenvalue weighted by Gasteiger charge is 2.18. The lowest BCUT2D eigenvalue weighted by molar-refractivity contribution is -0.382. The molecule has 2 rings (SSSR count). The Morgan fingerprint density at radius 3 is 3.00 bits per heavy atom. The predicted molar refractivity (Wildman–Crippen MR) is 79.4 cm³/mol. The van der Waals surface area contributed by atoms with Gasteiger partial charge in [0.05, 0.1) is 28.5 Å². The Bertz CT molecular complexity index is 633. The van der Waals surface area contributed by atoms with Crippen LogP contribution in [0.5, 0.6) is 0 Å². The lowest BCUT2D eigenvalue weighted by atomic mass is 10.1. The van der Waals surface area contributed by atoms with Crippen LogP contribution in [-0.2, 0) is 4.74 Å². The van der Waals surface area contributed by atoms with Gasteiger partial charge in [-0.3, -0.25) is 15.1 Å². The molecule has 0 bridgehead atoms. The number of fused-ring (bicyclic) bond motifs is 1. The van der Waals surface area contributed by atoms with Gasteiger partial charge in [-0.2, -0.15) is 0 Å².